The van der Waals surface area contributed by atoms with E-state index >= 15 is 0 Å². The predicted octanol–water partition coefficient (Wildman–Crippen LogP) is 5.51. The van der Waals surface area contributed by atoms with Crippen molar-refractivity contribution in [2.45, 2.75) is 51.2 Å². The Kier molecular flexibility index (Phi) is 9.65. The molecule has 0 aromatic heterocycles. The molecule has 40 heavy (non-hydrogen) atoms. The first kappa shape index (κ1) is 28.9. The van der Waals surface area contributed by atoms with Gasteiger partial charge in [-0.25, -0.2) is 0 Å². The molecule has 0 heterocycles. The third-order valence-electron chi connectivity index (χ3n) is 7.12. The van der Waals surface area contributed by atoms with Gasteiger partial charge in [-0.1, -0.05) is 84.9 Å². The van der Waals surface area contributed by atoms with Gasteiger partial charge in [0.1, 0.15) is 0 Å². The lowest BCUT2D eigenvalue weighted by molar-refractivity contribution is 0.0998. The van der Waals surface area contributed by atoms with Gasteiger partial charge in [-0.15, -0.1) is 0 Å². The number of carbonyl (C=O) groups is 2. The number of nitrogens with one attached hydrogen (secondary N) is 1. The number of primary amides is 1. The molecule has 206 valence electrons. The van der Waals surface area contributed by atoms with Crippen molar-refractivity contribution in [3.8, 4) is 0 Å². The first-order valence-electron chi connectivity index (χ1n) is 13.8. The zero-order valence-electron chi connectivity index (χ0n) is 23.3. The molecule has 0 fully saturated rings. The summed E-state index contributed by atoms with van der Waals surface area (Å²) in [5.74, 6) is -0.403. The maximum absolute atomic E-state index is 12.8. The molecule has 4 rings (SSSR count). The first-order chi connectivity index (χ1) is 19.2. The van der Waals surface area contributed by atoms with Crippen LogP contribution in [0.25, 0.3) is 0 Å². The topological polar surface area (TPSA) is 92.4 Å². The van der Waals surface area contributed by atoms with Crippen LogP contribution in [0, 0.1) is 0 Å². The normalized spacial score (nSPS) is 12.2. The lowest BCUT2D eigenvalue weighted by Gasteiger charge is -2.28. The van der Waals surface area contributed by atoms with E-state index in [1.54, 1.807) is 12.1 Å². The Bertz CT molecular complexity index is 1410. The summed E-state index contributed by atoms with van der Waals surface area (Å²) >= 11 is 0. The Labute approximate surface area is 237 Å². The lowest BCUT2D eigenvalue weighted by Crippen LogP contribution is -2.45. The minimum Gasteiger partial charge on any atom is -0.392 e. The zero-order chi connectivity index (χ0) is 28.5. The van der Waals surface area contributed by atoms with Crippen LogP contribution in [0.15, 0.2) is 103 Å². The van der Waals surface area contributed by atoms with Gasteiger partial charge in [0.15, 0.2) is 5.78 Å². The van der Waals surface area contributed by atoms with Gasteiger partial charge >= 0.3 is 0 Å². The summed E-state index contributed by atoms with van der Waals surface area (Å²) in [5.41, 5.74) is 11.6. The molecule has 0 aliphatic carbocycles. The first-order valence-corrected chi connectivity index (χ1v) is 13.8. The summed E-state index contributed by atoms with van der Waals surface area (Å²) in [4.78, 5) is 24.0. The van der Waals surface area contributed by atoms with Crippen molar-refractivity contribution < 1.29 is 14.7 Å². The summed E-state index contributed by atoms with van der Waals surface area (Å²) in [6.07, 6.45) is 2.44. The van der Waals surface area contributed by atoms with E-state index in [2.05, 4.69) is 43.4 Å². The third kappa shape index (κ3) is 8.47. The van der Waals surface area contributed by atoms with E-state index in [0.29, 0.717) is 36.1 Å². The Morgan fingerprint density at radius 1 is 0.750 bits per heavy atom. The molecule has 0 bridgehead atoms. The van der Waals surface area contributed by atoms with Gasteiger partial charge in [0.05, 0.1) is 6.10 Å². The zero-order valence-corrected chi connectivity index (χ0v) is 23.3. The standard InChI is InChI=1S/C35H38N2O3/c1-35(2,23-28-13-11-26(12-14-28)21-27-15-18-30(19-16-27)34(36)40)37-24-32(38)20-17-25-7-6-10-31(22-25)33(39)29-8-4-3-5-9-29/h3-16,18-19,22,32,37-38H,17,20-21,23-24H2,1-2H3,(H2,36,40). The fourth-order valence-electron chi connectivity index (χ4n) is 4.82. The lowest BCUT2D eigenvalue weighted by atomic mass is 9.93. The third-order valence-corrected chi connectivity index (χ3v) is 7.12. The van der Waals surface area contributed by atoms with Crippen LogP contribution >= 0.6 is 0 Å². The molecule has 1 amide bonds. The molecule has 0 spiro atoms. The maximum Gasteiger partial charge on any atom is 0.248 e. The Hall–Kier alpha value is -4.06. The number of aryl methyl sites for hydroxylation is 1. The second kappa shape index (κ2) is 13.3. The van der Waals surface area contributed by atoms with Crippen molar-refractivity contribution in [1.82, 2.24) is 5.32 Å². The van der Waals surface area contributed by atoms with Crippen molar-refractivity contribution in [3.63, 3.8) is 0 Å². The highest BCUT2D eigenvalue weighted by Crippen LogP contribution is 2.18. The highest BCUT2D eigenvalue weighted by molar-refractivity contribution is 6.09. The van der Waals surface area contributed by atoms with E-state index in [4.69, 9.17) is 5.73 Å². The van der Waals surface area contributed by atoms with Gasteiger partial charge in [-0.05, 0) is 80.0 Å². The highest BCUT2D eigenvalue weighted by atomic mass is 16.3. The second-order valence-corrected chi connectivity index (χ2v) is 11.1. The van der Waals surface area contributed by atoms with E-state index in [-0.39, 0.29) is 11.3 Å². The van der Waals surface area contributed by atoms with E-state index in [9.17, 15) is 14.7 Å². The van der Waals surface area contributed by atoms with E-state index in [0.717, 1.165) is 24.0 Å². The quantitative estimate of drug-likeness (QED) is 0.197. The van der Waals surface area contributed by atoms with Crippen molar-refractivity contribution in [2.24, 2.45) is 5.73 Å². The molecule has 0 saturated heterocycles. The van der Waals surface area contributed by atoms with E-state index in [1.165, 1.54) is 11.1 Å². The number of amides is 1. The van der Waals surface area contributed by atoms with Crippen LogP contribution in [0.1, 0.15) is 68.8 Å². The number of rotatable bonds is 13. The number of ketones is 1. The van der Waals surface area contributed by atoms with E-state index < -0.39 is 12.0 Å². The number of aliphatic hydroxyl groups is 1. The van der Waals surface area contributed by atoms with Gasteiger partial charge in [0, 0.05) is 28.8 Å². The minimum absolute atomic E-state index is 0.0123. The van der Waals surface area contributed by atoms with Crippen LogP contribution in [0.5, 0.6) is 0 Å². The molecule has 0 radical (unpaired) electrons. The molecule has 5 heteroatoms. The molecule has 0 aliphatic rings. The van der Waals surface area contributed by atoms with Crippen molar-refractivity contribution in [1.29, 1.82) is 0 Å². The van der Waals surface area contributed by atoms with Crippen LogP contribution in [0.4, 0.5) is 0 Å². The number of β-amino-alcohol motifs (C(OH)–C–C–N with tert-alkyl or cyclic N) is 1. The summed E-state index contributed by atoms with van der Waals surface area (Å²) in [6, 6.07) is 33.0. The fourth-order valence-corrected chi connectivity index (χ4v) is 4.82. The number of hydrogen-bond donors (Lipinski definition) is 3. The SMILES string of the molecule is CC(C)(Cc1ccc(Cc2ccc(C(N)=O)cc2)cc1)NCC(O)CCc1cccc(C(=O)c2ccccc2)c1. The number of nitrogens with two attached hydrogens (primary N) is 1. The summed E-state index contributed by atoms with van der Waals surface area (Å²) in [6.45, 7) is 4.79. The molecule has 0 saturated carbocycles. The van der Waals surface area contributed by atoms with Gasteiger partial charge in [-0.2, -0.15) is 0 Å². The molecule has 4 aromatic carbocycles. The number of aliphatic hydroxyl groups excluding tert-OH is 1. The second-order valence-electron chi connectivity index (χ2n) is 11.1. The van der Waals surface area contributed by atoms with Gasteiger partial charge in [-0.3, -0.25) is 9.59 Å². The smallest absolute Gasteiger partial charge is 0.248 e. The molecule has 1 unspecified atom stereocenters. The van der Waals surface area contributed by atoms with Crippen LogP contribution in [-0.4, -0.2) is 35.0 Å². The maximum atomic E-state index is 12.8. The van der Waals surface area contributed by atoms with Gasteiger partial charge in [0.25, 0.3) is 0 Å². The molecular formula is C35H38N2O3. The molecule has 1 atom stereocenters. The molecule has 4 aromatic rings. The van der Waals surface area contributed by atoms with Crippen LogP contribution in [-0.2, 0) is 19.3 Å². The van der Waals surface area contributed by atoms with Crippen LogP contribution in [0.2, 0.25) is 0 Å². The predicted molar refractivity (Wildman–Crippen MR) is 161 cm³/mol. The molecule has 4 N–H and O–H groups in total. The highest BCUT2D eigenvalue weighted by Gasteiger charge is 2.19. The Morgan fingerprint density at radius 2 is 1.35 bits per heavy atom. The van der Waals surface area contributed by atoms with E-state index in [1.807, 2.05) is 66.7 Å². The van der Waals surface area contributed by atoms with Crippen molar-refractivity contribution >= 4 is 11.7 Å². The number of benzene rings is 4. The molecule has 5 nitrogen and oxygen atoms in total. The minimum atomic E-state index is -0.490. The van der Waals surface area contributed by atoms with Crippen molar-refractivity contribution in [2.75, 3.05) is 6.54 Å². The molecule has 0 aliphatic heterocycles. The largest absolute Gasteiger partial charge is 0.392 e. The summed E-state index contributed by atoms with van der Waals surface area (Å²) < 4.78 is 0. The summed E-state index contributed by atoms with van der Waals surface area (Å²) in [7, 11) is 0. The summed E-state index contributed by atoms with van der Waals surface area (Å²) in [5, 5.41) is 14.2. The number of hydrogen-bond acceptors (Lipinski definition) is 4. The van der Waals surface area contributed by atoms with Crippen molar-refractivity contribution in [3.05, 3.63) is 142 Å². The van der Waals surface area contributed by atoms with Gasteiger partial charge < -0.3 is 16.2 Å². The average molecular weight is 535 g/mol. The van der Waals surface area contributed by atoms with Crippen LogP contribution in [0.3, 0.4) is 0 Å². The molecular weight excluding hydrogens is 496 g/mol. The Morgan fingerprint density at radius 3 is 2.00 bits per heavy atom. The van der Waals surface area contributed by atoms with Crippen LogP contribution < -0.4 is 11.1 Å². The van der Waals surface area contributed by atoms with Gasteiger partial charge in [0.2, 0.25) is 5.91 Å². The monoisotopic (exact) mass is 534 g/mol. The number of carbonyl (C=O) groups excluding carboxylic acids is 2. The Balaban J connectivity index is 1.23. The fraction of sp³-hybridized carbons (Fsp3) is 0.257. The average Bonchev–Trinajstić information content (AvgIpc) is 2.96.